The maximum atomic E-state index is 13.4. The predicted octanol–water partition coefficient (Wildman–Crippen LogP) is 3.88. The van der Waals surface area contributed by atoms with E-state index < -0.39 is 0 Å². The fraction of sp³-hybridized carbons (Fsp3) is 0.0833. The molecule has 4 heterocycles. The molecule has 0 unspecified atom stereocenters. The summed E-state index contributed by atoms with van der Waals surface area (Å²) < 4.78 is 7.19. The lowest BCUT2D eigenvalue weighted by Crippen LogP contribution is -2.23. The van der Waals surface area contributed by atoms with Gasteiger partial charge in [-0.05, 0) is 48.0 Å². The topological polar surface area (TPSA) is 81.4 Å². The van der Waals surface area contributed by atoms with Gasteiger partial charge < -0.3 is 14.5 Å². The van der Waals surface area contributed by atoms with Crippen LogP contribution in [0.15, 0.2) is 79.5 Å². The van der Waals surface area contributed by atoms with Crippen LogP contribution in [0.3, 0.4) is 0 Å². The first-order chi connectivity index (χ1) is 15.3. The Kier molecular flexibility index (Phi) is 4.76. The van der Waals surface area contributed by atoms with Gasteiger partial charge in [-0.15, -0.1) is 0 Å². The molecule has 0 radical (unpaired) electrons. The van der Waals surface area contributed by atoms with Crippen molar-refractivity contribution in [2.24, 2.45) is 0 Å². The second kappa shape index (κ2) is 7.87. The number of benzene rings is 1. The number of hydrogen-bond acceptors (Lipinski definition) is 5. The third-order valence-electron chi connectivity index (χ3n) is 5.19. The molecule has 0 atom stereocenters. The van der Waals surface area contributed by atoms with Gasteiger partial charge in [-0.3, -0.25) is 9.78 Å². The lowest BCUT2D eigenvalue weighted by Gasteiger charge is -2.08. The van der Waals surface area contributed by atoms with Crippen molar-refractivity contribution in [3.8, 4) is 17.0 Å². The second-order valence-corrected chi connectivity index (χ2v) is 7.02. The van der Waals surface area contributed by atoms with E-state index in [-0.39, 0.29) is 5.91 Å². The Hall–Kier alpha value is -4.26. The van der Waals surface area contributed by atoms with Gasteiger partial charge in [0.05, 0.1) is 29.3 Å². The Balaban J connectivity index is 1.67. The Morgan fingerprint density at radius 1 is 1.06 bits per heavy atom. The molecule has 7 nitrogen and oxygen atoms in total. The first-order valence-corrected chi connectivity index (χ1v) is 9.81. The van der Waals surface area contributed by atoms with Crippen molar-refractivity contribution in [3.05, 3.63) is 90.6 Å². The Labute approximate surface area is 178 Å². The molecule has 0 aliphatic heterocycles. The highest BCUT2D eigenvalue weighted by atomic mass is 16.5. The normalized spacial score (nSPS) is 11.0. The quantitative estimate of drug-likeness (QED) is 0.476. The number of nitrogens with one attached hydrogen (secondary N) is 1. The summed E-state index contributed by atoms with van der Waals surface area (Å²) in [6.07, 6.45) is 6.87. The standard InChI is InChI=1S/C24H19N5O2/c1-31-18-9-7-17(8-10-18)22-21-20(24(30)26-14-16-5-4-11-25-13-16)19-6-2-3-12-29(19)23(21)28-15-27-22/h2-13,15H,14H2,1H3,(H,26,30). The Morgan fingerprint density at radius 3 is 2.71 bits per heavy atom. The lowest BCUT2D eigenvalue weighted by atomic mass is 10.0. The SMILES string of the molecule is COc1ccc(-c2ncnc3c2c(C(=O)NCc2cccnc2)c2ccccn23)cc1. The molecule has 1 amide bonds. The molecule has 0 aliphatic carbocycles. The number of carbonyl (C=O) groups excluding carboxylic acids is 1. The number of methoxy groups -OCH3 is 1. The van der Waals surface area contributed by atoms with E-state index in [0.29, 0.717) is 28.8 Å². The van der Waals surface area contributed by atoms with E-state index in [1.807, 2.05) is 65.2 Å². The minimum atomic E-state index is -0.188. The molecule has 0 fully saturated rings. The zero-order valence-electron chi connectivity index (χ0n) is 16.8. The largest absolute Gasteiger partial charge is 0.497 e. The summed E-state index contributed by atoms with van der Waals surface area (Å²) >= 11 is 0. The van der Waals surface area contributed by atoms with Crippen molar-refractivity contribution in [1.29, 1.82) is 0 Å². The maximum absolute atomic E-state index is 13.4. The molecule has 0 bridgehead atoms. The number of fused-ring (bicyclic) bond motifs is 3. The van der Waals surface area contributed by atoms with E-state index >= 15 is 0 Å². The number of rotatable bonds is 5. The Morgan fingerprint density at radius 2 is 1.94 bits per heavy atom. The molecule has 0 aliphatic rings. The van der Waals surface area contributed by atoms with Crippen LogP contribution in [0, 0.1) is 0 Å². The Bertz CT molecular complexity index is 1380. The molecule has 4 aromatic heterocycles. The van der Waals surface area contributed by atoms with Crippen molar-refractivity contribution in [3.63, 3.8) is 0 Å². The molecule has 1 aromatic carbocycles. The van der Waals surface area contributed by atoms with Gasteiger partial charge in [-0.2, -0.15) is 0 Å². The highest BCUT2D eigenvalue weighted by Crippen LogP contribution is 2.33. The van der Waals surface area contributed by atoms with E-state index in [1.54, 1.807) is 19.5 Å². The predicted molar refractivity (Wildman–Crippen MR) is 118 cm³/mol. The molecule has 31 heavy (non-hydrogen) atoms. The van der Waals surface area contributed by atoms with Crippen molar-refractivity contribution < 1.29 is 9.53 Å². The number of carbonyl (C=O) groups is 1. The van der Waals surface area contributed by atoms with Crippen LogP contribution in [0.2, 0.25) is 0 Å². The minimum Gasteiger partial charge on any atom is -0.497 e. The van der Waals surface area contributed by atoms with Crippen LogP contribution in [-0.4, -0.2) is 32.4 Å². The first-order valence-electron chi connectivity index (χ1n) is 9.81. The number of hydrogen-bond donors (Lipinski definition) is 1. The summed E-state index contributed by atoms with van der Waals surface area (Å²) in [7, 11) is 1.63. The molecular weight excluding hydrogens is 390 g/mol. The summed E-state index contributed by atoms with van der Waals surface area (Å²) in [4.78, 5) is 26.5. The summed E-state index contributed by atoms with van der Waals surface area (Å²) in [5, 5.41) is 3.73. The molecule has 0 spiro atoms. The summed E-state index contributed by atoms with van der Waals surface area (Å²) in [6, 6.07) is 17.1. The third kappa shape index (κ3) is 3.36. The zero-order chi connectivity index (χ0) is 21.2. The fourth-order valence-corrected chi connectivity index (χ4v) is 3.72. The van der Waals surface area contributed by atoms with Crippen molar-refractivity contribution in [1.82, 2.24) is 24.7 Å². The number of nitrogens with zero attached hydrogens (tertiary/aromatic N) is 4. The number of amides is 1. The molecule has 5 rings (SSSR count). The zero-order valence-corrected chi connectivity index (χ0v) is 16.8. The third-order valence-corrected chi connectivity index (χ3v) is 5.19. The molecule has 0 saturated carbocycles. The molecule has 152 valence electrons. The average molecular weight is 409 g/mol. The van der Waals surface area contributed by atoms with Crippen LogP contribution >= 0.6 is 0 Å². The van der Waals surface area contributed by atoms with E-state index in [1.165, 1.54) is 6.33 Å². The average Bonchev–Trinajstić information content (AvgIpc) is 3.18. The smallest absolute Gasteiger partial charge is 0.254 e. The van der Waals surface area contributed by atoms with Crippen LogP contribution in [-0.2, 0) is 6.54 Å². The van der Waals surface area contributed by atoms with Gasteiger partial charge in [0.25, 0.3) is 5.91 Å². The van der Waals surface area contributed by atoms with Gasteiger partial charge in [-0.1, -0.05) is 12.1 Å². The van der Waals surface area contributed by atoms with E-state index in [2.05, 4.69) is 20.3 Å². The van der Waals surface area contributed by atoms with E-state index in [4.69, 9.17) is 4.74 Å². The molecule has 7 heteroatoms. The number of pyridine rings is 2. The highest BCUT2D eigenvalue weighted by molar-refractivity contribution is 6.16. The van der Waals surface area contributed by atoms with Crippen molar-refractivity contribution in [2.75, 3.05) is 7.11 Å². The molecule has 1 N–H and O–H groups in total. The maximum Gasteiger partial charge on any atom is 0.254 e. The van der Waals surface area contributed by atoms with Gasteiger partial charge in [0.2, 0.25) is 0 Å². The van der Waals surface area contributed by atoms with Gasteiger partial charge in [0, 0.05) is 30.7 Å². The van der Waals surface area contributed by atoms with E-state index in [0.717, 1.165) is 22.4 Å². The van der Waals surface area contributed by atoms with Crippen LogP contribution in [0.25, 0.3) is 27.8 Å². The van der Waals surface area contributed by atoms with Gasteiger partial charge in [0.1, 0.15) is 17.7 Å². The van der Waals surface area contributed by atoms with Crippen LogP contribution < -0.4 is 10.1 Å². The van der Waals surface area contributed by atoms with Gasteiger partial charge in [0.15, 0.2) is 0 Å². The summed E-state index contributed by atoms with van der Waals surface area (Å²) in [5.41, 5.74) is 4.51. The fourth-order valence-electron chi connectivity index (χ4n) is 3.72. The minimum absolute atomic E-state index is 0.188. The summed E-state index contributed by atoms with van der Waals surface area (Å²) in [5.74, 6) is 0.567. The molecule has 5 aromatic rings. The second-order valence-electron chi connectivity index (χ2n) is 7.02. The van der Waals surface area contributed by atoms with Gasteiger partial charge in [-0.25, -0.2) is 9.97 Å². The highest BCUT2D eigenvalue weighted by Gasteiger charge is 2.23. The lowest BCUT2D eigenvalue weighted by molar-refractivity contribution is 0.0954. The molecule has 0 saturated heterocycles. The monoisotopic (exact) mass is 409 g/mol. The van der Waals surface area contributed by atoms with Crippen LogP contribution in [0.1, 0.15) is 15.9 Å². The number of ether oxygens (including phenoxy) is 1. The van der Waals surface area contributed by atoms with Gasteiger partial charge >= 0.3 is 0 Å². The summed E-state index contributed by atoms with van der Waals surface area (Å²) in [6.45, 7) is 0.379. The van der Waals surface area contributed by atoms with Crippen molar-refractivity contribution >= 4 is 22.5 Å². The van der Waals surface area contributed by atoms with E-state index in [9.17, 15) is 4.79 Å². The van der Waals surface area contributed by atoms with Crippen LogP contribution in [0.5, 0.6) is 5.75 Å². The first kappa shape index (κ1) is 18.7. The number of aromatic nitrogens is 4. The molecular formula is C24H19N5O2. The van der Waals surface area contributed by atoms with Crippen LogP contribution in [0.4, 0.5) is 0 Å². The van der Waals surface area contributed by atoms with Crippen molar-refractivity contribution in [2.45, 2.75) is 6.54 Å².